The molecule has 0 radical (unpaired) electrons. The van der Waals surface area contributed by atoms with Gasteiger partial charge < -0.3 is 10.1 Å². The van der Waals surface area contributed by atoms with E-state index in [9.17, 15) is 4.79 Å². The first-order valence-corrected chi connectivity index (χ1v) is 9.09. The molecule has 1 aliphatic heterocycles. The minimum Gasteiger partial charge on any atom is -0.377 e. The molecule has 3 aliphatic rings. The molecular formula is C18H21N5O2. The van der Waals surface area contributed by atoms with E-state index in [1.54, 1.807) is 10.7 Å². The fourth-order valence-corrected chi connectivity index (χ4v) is 4.16. The normalized spacial score (nSPS) is 24.3. The van der Waals surface area contributed by atoms with Gasteiger partial charge >= 0.3 is 0 Å². The standard InChI is InChI=1S/C18H21N5O2/c24-18-8-12-4-2-6-14(12)22-23(18)16-10-25-9-15(16)19-17-7-11-3-1-5-13(11)20-21-17/h7-8,15-16H,1-6,9-10H2,(H,19,21). The van der Waals surface area contributed by atoms with E-state index in [2.05, 4.69) is 26.7 Å². The average molecular weight is 339 g/mol. The van der Waals surface area contributed by atoms with Crippen LogP contribution in [0.3, 0.4) is 0 Å². The Morgan fingerprint density at radius 1 is 1.00 bits per heavy atom. The van der Waals surface area contributed by atoms with Crippen molar-refractivity contribution in [2.24, 2.45) is 0 Å². The van der Waals surface area contributed by atoms with Gasteiger partial charge in [0.05, 0.1) is 30.6 Å². The Bertz CT molecular complexity index is 878. The van der Waals surface area contributed by atoms with E-state index in [0.29, 0.717) is 13.2 Å². The molecule has 2 aliphatic carbocycles. The lowest BCUT2D eigenvalue weighted by atomic mass is 10.1. The lowest BCUT2D eigenvalue weighted by molar-refractivity contribution is 0.182. The second kappa shape index (κ2) is 5.91. The third-order valence-electron chi connectivity index (χ3n) is 5.50. The minimum atomic E-state index is -0.117. The molecule has 3 heterocycles. The van der Waals surface area contributed by atoms with Crippen molar-refractivity contribution in [1.29, 1.82) is 0 Å². The SMILES string of the molecule is O=c1cc2c(nn1C1COCC1Nc1cc3c(nn1)CCC3)CCC2. The van der Waals surface area contributed by atoms with Gasteiger partial charge in [0.25, 0.3) is 5.56 Å². The zero-order chi connectivity index (χ0) is 16.8. The van der Waals surface area contributed by atoms with E-state index in [-0.39, 0.29) is 17.6 Å². The van der Waals surface area contributed by atoms with Gasteiger partial charge in [0.2, 0.25) is 0 Å². The van der Waals surface area contributed by atoms with Crippen molar-refractivity contribution < 1.29 is 4.74 Å². The van der Waals surface area contributed by atoms with Gasteiger partial charge in [-0.2, -0.15) is 10.2 Å². The van der Waals surface area contributed by atoms with Gasteiger partial charge in [-0.1, -0.05) is 0 Å². The van der Waals surface area contributed by atoms with E-state index in [4.69, 9.17) is 4.74 Å². The van der Waals surface area contributed by atoms with Crippen LogP contribution in [0, 0.1) is 0 Å². The second-order valence-electron chi connectivity index (χ2n) is 7.16. The van der Waals surface area contributed by atoms with Gasteiger partial charge in [0.15, 0.2) is 0 Å². The maximum Gasteiger partial charge on any atom is 0.267 e. The molecule has 2 aromatic rings. The van der Waals surface area contributed by atoms with Gasteiger partial charge in [0.1, 0.15) is 11.9 Å². The molecule has 130 valence electrons. The molecule has 0 bridgehead atoms. The van der Waals surface area contributed by atoms with Crippen molar-refractivity contribution in [2.75, 3.05) is 18.5 Å². The fraction of sp³-hybridized carbons (Fsp3) is 0.556. The number of aromatic nitrogens is 4. The number of anilines is 1. The van der Waals surface area contributed by atoms with Gasteiger partial charge in [-0.25, -0.2) is 4.68 Å². The molecule has 5 rings (SSSR count). The van der Waals surface area contributed by atoms with Crippen LogP contribution in [0.15, 0.2) is 16.9 Å². The van der Waals surface area contributed by atoms with Crippen LogP contribution in [-0.2, 0) is 30.4 Å². The Kier molecular flexibility index (Phi) is 3.55. The molecule has 25 heavy (non-hydrogen) atoms. The first-order chi connectivity index (χ1) is 12.3. The summed E-state index contributed by atoms with van der Waals surface area (Å²) in [6, 6.07) is 3.69. The smallest absolute Gasteiger partial charge is 0.267 e. The number of hydrogen-bond acceptors (Lipinski definition) is 6. The summed E-state index contributed by atoms with van der Waals surface area (Å²) in [5.74, 6) is 0.760. The van der Waals surface area contributed by atoms with Gasteiger partial charge in [0, 0.05) is 6.07 Å². The van der Waals surface area contributed by atoms with Crippen molar-refractivity contribution >= 4 is 5.82 Å². The Morgan fingerprint density at radius 2 is 1.80 bits per heavy atom. The molecule has 1 N–H and O–H groups in total. The van der Waals surface area contributed by atoms with E-state index in [1.165, 1.54) is 5.56 Å². The highest BCUT2D eigenvalue weighted by atomic mass is 16.5. The van der Waals surface area contributed by atoms with E-state index in [0.717, 1.165) is 61.3 Å². The first kappa shape index (κ1) is 15.0. The molecule has 0 spiro atoms. The van der Waals surface area contributed by atoms with Crippen molar-refractivity contribution in [2.45, 2.75) is 50.6 Å². The van der Waals surface area contributed by atoms with E-state index in [1.807, 2.05) is 0 Å². The van der Waals surface area contributed by atoms with Crippen molar-refractivity contribution in [1.82, 2.24) is 20.0 Å². The van der Waals surface area contributed by atoms with Crippen LogP contribution in [0.25, 0.3) is 0 Å². The van der Waals surface area contributed by atoms with Crippen LogP contribution in [0.2, 0.25) is 0 Å². The maximum atomic E-state index is 12.5. The maximum absolute atomic E-state index is 12.5. The quantitative estimate of drug-likeness (QED) is 0.901. The number of ether oxygens (including phenoxy) is 1. The predicted molar refractivity (Wildman–Crippen MR) is 91.8 cm³/mol. The lowest BCUT2D eigenvalue weighted by Crippen LogP contribution is -2.38. The molecule has 2 unspecified atom stereocenters. The highest BCUT2D eigenvalue weighted by Gasteiger charge is 2.33. The summed E-state index contributed by atoms with van der Waals surface area (Å²) in [7, 11) is 0. The van der Waals surface area contributed by atoms with E-state index < -0.39 is 0 Å². The molecular weight excluding hydrogens is 318 g/mol. The number of hydrogen-bond donors (Lipinski definition) is 1. The van der Waals surface area contributed by atoms with Crippen LogP contribution in [0.1, 0.15) is 41.4 Å². The first-order valence-electron chi connectivity index (χ1n) is 9.09. The van der Waals surface area contributed by atoms with Crippen LogP contribution in [0.4, 0.5) is 5.82 Å². The van der Waals surface area contributed by atoms with Crippen LogP contribution in [0.5, 0.6) is 0 Å². The monoisotopic (exact) mass is 339 g/mol. The van der Waals surface area contributed by atoms with Gasteiger partial charge in [-0.15, -0.1) is 5.10 Å². The number of nitrogens with one attached hydrogen (secondary N) is 1. The Hall–Kier alpha value is -2.28. The predicted octanol–water partition coefficient (Wildman–Crippen LogP) is 1.06. The van der Waals surface area contributed by atoms with E-state index >= 15 is 0 Å². The largest absolute Gasteiger partial charge is 0.377 e. The molecule has 2 aromatic heterocycles. The number of nitrogens with zero attached hydrogens (tertiary/aromatic N) is 4. The molecule has 0 saturated carbocycles. The number of rotatable bonds is 3. The lowest BCUT2D eigenvalue weighted by Gasteiger charge is -2.21. The minimum absolute atomic E-state index is 0.0293. The summed E-state index contributed by atoms with van der Waals surface area (Å²) in [5.41, 5.74) is 4.52. The van der Waals surface area contributed by atoms with Crippen LogP contribution in [-0.4, -0.2) is 39.2 Å². The third kappa shape index (κ3) is 2.63. The molecule has 0 amide bonds. The summed E-state index contributed by atoms with van der Waals surface area (Å²) >= 11 is 0. The zero-order valence-corrected chi connectivity index (χ0v) is 14.1. The molecule has 1 fully saturated rings. The molecule has 1 saturated heterocycles. The third-order valence-corrected chi connectivity index (χ3v) is 5.50. The molecule has 2 atom stereocenters. The summed E-state index contributed by atoms with van der Waals surface area (Å²) < 4.78 is 7.26. The van der Waals surface area contributed by atoms with Crippen molar-refractivity contribution in [3.8, 4) is 0 Å². The summed E-state index contributed by atoms with van der Waals surface area (Å²) in [5, 5.41) is 16.7. The molecule has 0 aromatic carbocycles. The Morgan fingerprint density at radius 3 is 2.68 bits per heavy atom. The van der Waals surface area contributed by atoms with Crippen LogP contribution >= 0.6 is 0 Å². The number of fused-ring (bicyclic) bond motifs is 2. The Labute approximate surface area is 145 Å². The van der Waals surface area contributed by atoms with Crippen molar-refractivity contribution in [3.63, 3.8) is 0 Å². The van der Waals surface area contributed by atoms with Gasteiger partial charge in [-0.05, 0) is 55.7 Å². The summed E-state index contributed by atoms with van der Waals surface area (Å²) in [6.07, 6.45) is 6.24. The fourth-order valence-electron chi connectivity index (χ4n) is 4.16. The van der Waals surface area contributed by atoms with Crippen LogP contribution < -0.4 is 10.9 Å². The highest BCUT2D eigenvalue weighted by Crippen LogP contribution is 2.25. The Balaban J connectivity index is 1.42. The van der Waals surface area contributed by atoms with Crippen molar-refractivity contribution in [3.05, 3.63) is 45.0 Å². The molecule has 7 heteroatoms. The second-order valence-corrected chi connectivity index (χ2v) is 7.16. The van der Waals surface area contributed by atoms with Gasteiger partial charge in [-0.3, -0.25) is 4.79 Å². The summed E-state index contributed by atoms with van der Waals surface area (Å²) in [4.78, 5) is 12.5. The molecule has 7 nitrogen and oxygen atoms in total. The topological polar surface area (TPSA) is 81.9 Å². The zero-order valence-electron chi connectivity index (χ0n) is 14.1. The average Bonchev–Trinajstić information content (AvgIpc) is 3.33. The highest BCUT2D eigenvalue weighted by molar-refractivity contribution is 5.41. The summed E-state index contributed by atoms with van der Waals surface area (Å²) in [6.45, 7) is 1.02. The number of aryl methyl sites for hydroxylation is 4.